The molecule has 0 saturated carbocycles. The molecule has 0 aliphatic carbocycles. The molecule has 8 heavy (non-hydrogen) atoms. The molecule has 0 N–H and O–H groups in total. The fraction of sp³-hybridized carbons (Fsp3) is 0.833. The number of rotatable bonds is 2. The molecule has 0 fully saturated rings. The topological polar surface area (TPSA) is 0 Å². The number of hydrogen-bond donors (Lipinski definition) is 0. The fourth-order valence-electron chi connectivity index (χ4n) is 0.408. The molecule has 0 aromatic heterocycles. The van der Waals surface area contributed by atoms with Crippen LogP contribution in [-0.4, -0.2) is 0 Å². The quantitative estimate of drug-likeness (QED) is 0.506. The summed E-state index contributed by atoms with van der Waals surface area (Å²) >= 11 is 0. The minimum absolute atomic E-state index is 0. The van der Waals surface area contributed by atoms with Crippen molar-refractivity contribution in [1.82, 2.24) is 0 Å². The summed E-state index contributed by atoms with van der Waals surface area (Å²) < 4.78 is 0. The molecule has 0 heterocycles. The monoisotopic (exact) mass is 229 g/mol. The molecule has 0 aromatic carbocycles. The van der Waals surface area contributed by atoms with E-state index >= 15 is 0 Å². The Morgan fingerprint density at radius 1 is 1.38 bits per heavy atom. The summed E-state index contributed by atoms with van der Waals surface area (Å²) in [5.41, 5.74) is 0. The third kappa shape index (κ3) is 15.7. The van der Waals surface area contributed by atoms with Gasteiger partial charge in [0.15, 0.2) is 0 Å². The largest absolute Gasteiger partial charge is 0.343 e. The summed E-state index contributed by atoms with van der Waals surface area (Å²) in [5, 5.41) is 0. The standard InChI is InChI=1S/C6H13.BrH.Zn/c1-4-5-6(2)3;;/h6H,1,4-5H2,2-3H3;1H;/q-1;;. The maximum atomic E-state index is 3.73. The van der Waals surface area contributed by atoms with Gasteiger partial charge < -0.3 is 6.92 Å². The summed E-state index contributed by atoms with van der Waals surface area (Å²) in [6.45, 7) is 8.15. The Labute approximate surface area is 76.0 Å². The van der Waals surface area contributed by atoms with Gasteiger partial charge in [0.1, 0.15) is 0 Å². The van der Waals surface area contributed by atoms with Gasteiger partial charge in [0.25, 0.3) is 0 Å². The zero-order chi connectivity index (χ0) is 4.99. The number of halogens is 1. The Balaban J connectivity index is -0.000000125. The van der Waals surface area contributed by atoms with Gasteiger partial charge in [-0.3, -0.25) is 0 Å². The molecule has 0 nitrogen and oxygen atoms in total. The van der Waals surface area contributed by atoms with Gasteiger partial charge in [-0.2, -0.15) is 6.42 Å². The third-order valence-electron chi connectivity index (χ3n) is 0.781. The zero-order valence-corrected chi connectivity index (χ0v) is 10.5. The van der Waals surface area contributed by atoms with Gasteiger partial charge in [0.05, 0.1) is 0 Å². The van der Waals surface area contributed by atoms with E-state index in [0.717, 1.165) is 12.3 Å². The third-order valence-corrected chi connectivity index (χ3v) is 0.781. The fourth-order valence-corrected chi connectivity index (χ4v) is 0.408. The molecule has 0 radical (unpaired) electrons. The van der Waals surface area contributed by atoms with E-state index in [1.807, 2.05) is 0 Å². The van der Waals surface area contributed by atoms with Gasteiger partial charge in [0, 0.05) is 19.5 Å². The van der Waals surface area contributed by atoms with Gasteiger partial charge >= 0.3 is 0 Å². The molecule has 0 aromatic rings. The normalized spacial score (nSPS) is 7.50. The van der Waals surface area contributed by atoms with E-state index in [9.17, 15) is 0 Å². The van der Waals surface area contributed by atoms with E-state index in [1.54, 1.807) is 0 Å². The van der Waals surface area contributed by atoms with Crippen molar-refractivity contribution in [3.8, 4) is 0 Å². The molecule has 2 heteroatoms. The zero-order valence-electron chi connectivity index (χ0n) is 5.81. The molecule has 48 valence electrons. The average molecular weight is 231 g/mol. The number of hydrogen-bond acceptors (Lipinski definition) is 0. The maximum absolute atomic E-state index is 3.73. The first kappa shape index (κ1) is 16.0. The van der Waals surface area contributed by atoms with Gasteiger partial charge in [-0.25, -0.2) is 0 Å². The van der Waals surface area contributed by atoms with Crippen molar-refractivity contribution in [3.63, 3.8) is 0 Å². The van der Waals surface area contributed by atoms with Crippen molar-refractivity contribution in [2.24, 2.45) is 5.92 Å². The van der Waals surface area contributed by atoms with Gasteiger partial charge in [-0.05, 0) is 5.92 Å². The Hall–Kier alpha value is 1.10. The van der Waals surface area contributed by atoms with Crippen molar-refractivity contribution in [3.05, 3.63) is 6.92 Å². The van der Waals surface area contributed by atoms with E-state index in [-0.39, 0.29) is 36.5 Å². The van der Waals surface area contributed by atoms with Gasteiger partial charge in [-0.1, -0.05) is 20.3 Å². The first-order chi connectivity index (χ1) is 2.77. The van der Waals surface area contributed by atoms with Crippen LogP contribution in [-0.2, 0) is 19.5 Å². The smallest absolute Gasteiger partial charge is 0 e. The van der Waals surface area contributed by atoms with E-state index in [0.29, 0.717) is 0 Å². The van der Waals surface area contributed by atoms with E-state index in [1.165, 1.54) is 6.42 Å². The van der Waals surface area contributed by atoms with Crippen molar-refractivity contribution < 1.29 is 19.5 Å². The molecule has 0 saturated heterocycles. The van der Waals surface area contributed by atoms with Crippen molar-refractivity contribution in [2.75, 3.05) is 0 Å². The van der Waals surface area contributed by atoms with Crippen LogP contribution in [0.4, 0.5) is 0 Å². The summed E-state index contributed by atoms with van der Waals surface area (Å²) in [6, 6.07) is 0. The second kappa shape index (κ2) is 11.0. The van der Waals surface area contributed by atoms with Crippen LogP contribution in [0.5, 0.6) is 0 Å². The first-order valence-corrected chi connectivity index (χ1v) is 2.56. The molecule has 0 atom stereocenters. The van der Waals surface area contributed by atoms with Crippen LogP contribution < -0.4 is 0 Å². The first-order valence-electron chi connectivity index (χ1n) is 2.56. The Morgan fingerprint density at radius 3 is 1.75 bits per heavy atom. The predicted octanol–water partition coefficient (Wildman–Crippen LogP) is 2.83. The maximum Gasteiger partial charge on any atom is 0 e. The van der Waals surface area contributed by atoms with Crippen LogP contribution in [0.1, 0.15) is 26.7 Å². The van der Waals surface area contributed by atoms with Gasteiger partial charge in [-0.15, -0.1) is 17.0 Å². The molecule has 0 unspecified atom stereocenters. The Kier molecular flexibility index (Phi) is 22.0. The van der Waals surface area contributed by atoms with Crippen LogP contribution in [0, 0.1) is 12.8 Å². The van der Waals surface area contributed by atoms with Crippen LogP contribution in [0.3, 0.4) is 0 Å². The van der Waals surface area contributed by atoms with Crippen LogP contribution in [0.15, 0.2) is 0 Å². The molecule has 0 spiro atoms. The summed E-state index contributed by atoms with van der Waals surface area (Å²) in [4.78, 5) is 0. The molecular formula is C6H14BrZn-. The van der Waals surface area contributed by atoms with Crippen molar-refractivity contribution >= 4 is 17.0 Å². The minimum atomic E-state index is 0. The van der Waals surface area contributed by atoms with Crippen LogP contribution in [0.2, 0.25) is 0 Å². The average Bonchev–Trinajstić information content (AvgIpc) is 1.35. The van der Waals surface area contributed by atoms with Crippen LogP contribution in [0.25, 0.3) is 0 Å². The van der Waals surface area contributed by atoms with Crippen LogP contribution >= 0.6 is 17.0 Å². The molecule has 0 aliphatic heterocycles. The predicted molar refractivity (Wildman–Crippen MR) is 39.8 cm³/mol. The molecule has 0 amide bonds. The second-order valence-electron chi connectivity index (χ2n) is 2.04. The molecule has 0 bridgehead atoms. The summed E-state index contributed by atoms with van der Waals surface area (Å²) in [7, 11) is 0. The van der Waals surface area contributed by atoms with E-state index < -0.39 is 0 Å². The molecular weight excluding hydrogens is 217 g/mol. The van der Waals surface area contributed by atoms with Gasteiger partial charge in [0.2, 0.25) is 0 Å². The SMILES string of the molecule is Br.[CH2-]CCC(C)C.[Zn]. The summed E-state index contributed by atoms with van der Waals surface area (Å²) in [5.74, 6) is 0.836. The molecule has 0 rings (SSSR count). The van der Waals surface area contributed by atoms with E-state index in [4.69, 9.17) is 0 Å². The Bertz CT molecular complexity index is 29.7. The van der Waals surface area contributed by atoms with Crippen molar-refractivity contribution in [1.29, 1.82) is 0 Å². The Morgan fingerprint density at radius 2 is 1.75 bits per heavy atom. The second-order valence-corrected chi connectivity index (χ2v) is 2.04. The summed E-state index contributed by atoms with van der Waals surface area (Å²) in [6.07, 6.45) is 2.34. The van der Waals surface area contributed by atoms with E-state index in [2.05, 4.69) is 20.8 Å². The molecule has 0 aliphatic rings. The minimum Gasteiger partial charge on any atom is -0.343 e. The van der Waals surface area contributed by atoms with Crippen molar-refractivity contribution in [2.45, 2.75) is 26.7 Å².